The highest BCUT2D eigenvalue weighted by atomic mass is 35.5. The van der Waals surface area contributed by atoms with Crippen LogP contribution in [-0.2, 0) is 14.3 Å². The van der Waals surface area contributed by atoms with E-state index in [4.69, 9.17) is 25.5 Å². The number of hydrazone groups is 1. The van der Waals surface area contributed by atoms with Crippen molar-refractivity contribution in [2.75, 3.05) is 13.2 Å². The molecule has 186 valence electrons. The number of hydrogen-bond acceptors (Lipinski definition) is 6. The SMILES string of the molecule is O=C(COc1ccc(-c2ccccc2)cc1)OCC(=O)N1N=C(c2ccc(Cl)cc2)CC1c1ccco1. The maximum absolute atomic E-state index is 13.0. The number of halogens is 1. The number of amides is 1. The van der Waals surface area contributed by atoms with Crippen molar-refractivity contribution in [3.63, 3.8) is 0 Å². The summed E-state index contributed by atoms with van der Waals surface area (Å²) in [5.41, 5.74) is 3.68. The number of furan rings is 1. The van der Waals surface area contributed by atoms with Gasteiger partial charge in [-0.25, -0.2) is 9.80 Å². The number of hydrogen-bond donors (Lipinski definition) is 0. The van der Waals surface area contributed by atoms with E-state index < -0.39 is 24.5 Å². The lowest BCUT2D eigenvalue weighted by Crippen LogP contribution is -2.32. The Balaban J connectivity index is 1.17. The molecular weight excluding hydrogens is 492 g/mol. The Labute approximate surface area is 218 Å². The molecule has 7 nitrogen and oxygen atoms in total. The van der Waals surface area contributed by atoms with E-state index in [0.717, 1.165) is 16.7 Å². The van der Waals surface area contributed by atoms with Crippen LogP contribution in [0.5, 0.6) is 5.75 Å². The zero-order chi connectivity index (χ0) is 25.6. The van der Waals surface area contributed by atoms with Crippen LogP contribution in [0.1, 0.15) is 23.8 Å². The smallest absolute Gasteiger partial charge is 0.344 e. The third kappa shape index (κ3) is 5.90. The molecule has 0 saturated heterocycles. The fourth-order valence-electron chi connectivity index (χ4n) is 4.03. The van der Waals surface area contributed by atoms with Gasteiger partial charge >= 0.3 is 5.97 Å². The predicted molar refractivity (Wildman–Crippen MR) is 139 cm³/mol. The highest BCUT2D eigenvalue weighted by Gasteiger charge is 2.35. The Morgan fingerprint density at radius 2 is 1.57 bits per heavy atom. The molecule has 8 heteroatoms. The van der Waals surface area contributed by atoms with Crippen LogP contribution in [0.25, 0.3) is 11.1 Å². The minimum Gasteiger partial charge on any atom is -0.482 e. The van der Waals surface area contributed by atoms with Crippen molar-refractivity contribution in [2.45, 2.75) is 12.5 Å². The summed E-state index contributed by atoms with van der Waals surface area (Å²) < 4.78 is 16.2. The summed E-state index contributed by atoms with van der Waals surface area (Å²) in [7, 11) is 0. The summed E-state index contributed by atoms with van der Waals surface area (Å²) in [6.45, 7) is -0.789. The van der Waals surface area contributed by atoms with E-state index in [1.807, 2.05) is 54.6 Å². The van der Waals surface area contributed by atoms with Gasteiger partial charge in [-0.15, -0.1) is 0 Å². The number of benzene rings is 3. The van der Waals surface area contributed by atoms with Gasteiger partial charge in [0, 0.05) is 11.4 Å². The highest BCUT2D eigenvalue weighted by Crippen LogP contribution is 2.33. The monoisotopic (exact) mass is 514 g/mol. The number of esters is 1. The molecule has 0 fully saturated rings. The molecule has 37 heavy (non-hydrogen) atoms. The molecular formula is C29H23ClN2O5. The maximum atomic E-state index is 13.0. The van der Waals surface area contributed by atoms with Gasteiger partial charge in [0.05, 0.1) is 12.0 Å². The van der Waals surface area contributed by atoms with E-state index in [2.05, 4.69) is 5.10 Å². The largest absolute Gasteiger partial charge is 0.482 e. The lowest BCUT2D eigenvalue weighted by molar-refractivity contribution is -0.154. The molecule has 0 saturated carbocycles. The number of rotatable bonds is 8. The summed E-state index contributed by atoms with van der Waals surface area (Å²) in [6, 6.07) is 27.7. The molecule has 3 aromatic carbocycles. The Hall–Kier alpha value is -4.36. The fourth-order valence-corrected chi connectivity index (χ4v) is 4.15. The molecule has 0 bridgehead atoms. The van der Waals surface area contributed by atoms with Gasteiger partial charge in [0.1, 0.15) is 17.6 Å². The number of carbonyl (C=O) groups excluding carboxylic acids is 2. The fraction of sp³-hybridized carbons (Fsp3) is 0.138. The van der Waals surface area contributed by atoms with Crippen LogP contribution in [0.2, 0.25) is 5.02 Å². The van der Waals surface area contributed by atoms with E-state index in [9.17, 15) is 9.59 Å². The molecule has 1 aromatic heterocycles. The van der Waals surface area contributed by atoms with Gasteiger partial charge in [-0.05, 0) is 53.1 Å². The van der Waals surface area contributed by atoms with Crippen molar-refractivity contribution >= 4 is 29.2 Å². The molecule has 2 heterocycles. The second-order valence-electron chi connectivity index (χ2n) is 8.37. The summed E-state index contributed by atoms with van der Waals surface area (Å²) in [5.74, 6) is -0.00525. The first-order valence-electron chi connectivity index (χ1n) is 11.7. The van der Waals surface area contributed by atoms with Gasteiger partial charge in [-0.2, -0.15) is 5.10 Å². The summed E-state index contributed by atoms with van der Waals surface area (Å²) in [6.07, 6.45) is 2.00. The minimum atomic E-state index is -0.656. The average molecular weight is 515 g/mol. The van der Waals surface area contributed by atoms with Crippen LogP contribution in [-0.4, -0.2) is 35.8 Å². The number of ether oxygens (including phenoxy) is 2. The summed E-state index contributed by atoms with van der Waals surface area (Å²) >= 11 is 6.00. The van der Waals surface area contributed by atoms with E-state index in [1.54, 1.807) is 42.7 Å². The van der Waals surface area contributed by atoms with Crippen molar-refractivity contribution in [2.24, 2.45) is 5.10 Å². The van der Waals surface area contributed by atoms with Crippen molar-refractivity contribution in [3.05, 3.63) is 114 Å². The Kier molecular flexibility index (Phi) is 7.33. The molecule has 4 aromatic rings. The Bertz CT molecular complexity index is 1380. The molecule has 5 rings (SSSR count). The van der Waals surface area contributed by atoms with Crippen molar-refractivity contribution in [1.29, 1.82) is 0 Å². The Morgan fingerprint density at radius 1 is 0.865 bits per heavy atom. The normalized spacial score (nSPS) is 14.8. The molecule has 0 aliphatic carbocycles. The zero-order valence-corrected chi connectivity index (χ0v) is 20.5. The Morgan fingerprint density at radius 3 is 2.27 bits per heavy atom. The van der Waals surface area contributed by atoms with Crippen LogP contribution in [0.4, 0.5) is 0 Å². The van der Waals surface area contributed by atoms with Crippen molar-refractivity contribution < 1.29 is 23.5 Å². The zero-order valence-electron chi connectivity index (χ0n) is 19.7. The number of carbonyl (C=O) groups is 2. The van der Waals surface area contributed by atoms with Crippen LogP contribution >= 0.6 is 11.6 Å². The van der Waals surface area contributed by atoms with Crippen LogP contribution in [0, 0.1) is 0 Å². The average Bonchev–Trinajstić information content (AvgIpc) is 3.62. The lowest BCUT2D eigenvalue weighted by Gasteiger charge is -2.19. The second kappa shape index (κ2) is 11.1. The summed E-state index contributed by atoms with van der Waals surface area (Å²) in [4.78, 5) is 25.2. The van der Waals surface area contributed by atoms with Crippen LogP contribution in [0.3, 0.4) is 0 Å². The third-order valence-corrected chi connectivity index (χ3v) is 6.14. The third-order valence-electron chi connectivity index (χ3n) is 5.89. The molecule has 1 amide bonds. The van der Waals surface area contributed by atoms with Crippen LogP contribution in [0.15, 0.2) is 107 Å². The first-order chi connectivity index (χ1) is 18.1. The molecule has 1 unspecified atom stereocenters. The predicted octanol–water partition coefficient (Wildman–Crippen LogP) is 5.90. The molecule has 1 aliphatic heterocycles. The lowest BCUT2D eigenvalue weighted by atomic mass is 10.0. The molecule has 1 atom stereocenters. The molecule has 1 aliphatic rings. The van der Waals surface area contributed by atoms with E-state index in [-0.39, 0.29) is 6.61 Å². The molecule has 0 spiro atoms. The van der Waals surface area contributed by atoms with Crippen molar-refractivity contribution in [3.8, 4) is 16.9 Å². The van der Waals surface area contributed by atoms with Gasteiger partial charge in [0.15, 0.2) is 13.2 Å². The van der Waals surface area contributed by atoms with Crippen molar-refractivity contribution in [1.82, 2.24) is 5.01 Å². The molecule has 0 N–H and O–H groups in total. The molecule has 0 radical (unpaired) electrons. The van der Waals surface area contributed by atoms with Gasteiger partial charge < -0.3 is 13.9 Å². The van der Waals surface area contributed by atoms with E-state index >= 15 is 0 Å². The quantitative estimate of drug-likeness (QED) is 0.273. The topological polar surface area (TPSA) is 81.3 Å². The maximum Gasteiger partial charge on any atom is 0.344 e. The first-order valence-corrected chi connectivity index (χ1v) is 12.1. The standard InChI is InChI=1S/C29H23ClN2O5/c30-23-12-8-22(9-13-23)25-17-26(27-7-4-16-35-27)32(31-25)28(33)18-37-29(34)19-36-24-14-10-21(11-15-24)20-5-2-1-3-6-20/h1-16,26H,17-19H2. The summed E-state index contributed by atoms with van der Waals surface area (Å²) in [5, 5.41) is 6.42. The first kappa shape index (κ1) is 24.3. The second-order valence-corrected chi connectivity index (χ2v) is 8.80. The number of nitrogens with zero attached hydrogens (tertiary/aromatic N) is 2. The van der Waals surface area contributed by atoms with E-state index in [0.29, 0.717) is 28.7 Å². The van der Waals surface area contributed by atoms with Gasteiger partial charge in [0.25, 0.3) is 5.91 Å². The van der Waals surface area contributed by atoms with Gasteiger partial charge in [0.2, 0.25) is 0 Å². The van der Waals surface area contributed by atoms with E-state index in [1.165, 1.54) is 5.01 Å². The minimum absolute atomic E-state index is 0.321. The van der Waals surface area contributed by atoms with Gasteiger partial charge in [-0.3, -0.25) is 4.79 Å². The highest BCUT2D eigenvalue weighted by molar-refractivity contribution is 6.30. The van der Waals surface area contributed by atoms with Gasteiger partial charge in [-0.1, -0.05) is 66.2 Å². The van der Waals surface area contributed by atoms with Crippen LogP contribution < -0.4 is 4.74 Å².